The third-order valence-electron chi connectivity index (χ3n) is 7.41. The maximum absolute atomic E-state index is 13.6. The second-order valence-electron chi connectivity index (χ2n) is 9.72. The normalized spacial score (nSPS) is 15.1. The van der Waals surface area contributed by atoms with Crippen molar-refractivity contribution in [2.45, 2.75) is 13.5 Å². The second kappa shape index (κ2) is 12.1. The van der Waals surface area contributed by atoms with Crippen LogP contribution in [0.2, 0.25) is 5.02 Å². The number of nitrogens with two attached hydrogens (primary N) is 1. The molecule has 3 heterocycles. The number of anilines is 5. The van der Waals surface area contributed by atoms with Crippen LogP contribution in [-0.2, 0) is 11.3 Å². The predicted octanol–water partition coefficient (Wildman–Crippen LogP) is 4.07. The number of aromatic nitrogens is 1. The SMILES string of the molecule is CCN1C(=O)N(c2cc(OC)cc(OC)c2Cl)Cc2cnc(Nc3ccc(N4CCN(C(=O)CN)CC4)cc3)cc21. The fourth-order valence-electron chi connectivity index (χ4n) is 5.16. The van der Waals surface area contributed by atoms with Crippen LogP contribution in [0.5, 0.6) is 11.5 Å². The molecule has 0 bridgehead atoms. The summed E-state index contributed by atoms with van der Waals surface area (Å²) in [6.45, 7) is 5.58. The Balaban J connectivity index is 1.32. The molecule has 216 valence electrons. The molecule has 0 aliphatic carbocycles. The van der Waals surface area contributed by atoms with Crippen molar-refractivity contribution < 1.29 is 19.1 Å². The summed E-state index contributed by atoms with van der Waals surface area (Å²) in [7, 11) is 3.08. The van der Waals surface area contributed by atoms with Crippen molar-refractivity contribution in [2.75, 3.05) is 73.5 Å². The lowest BCUT2D eigenvalue weighted by Crippen LogP contribution is -2.50. The van der Waals surface area contributed by atoms with E-state index >= 15 is 0 Å². The van der Waals surface area contributed by atoms with Gasteiger partial charge in [0.2, 0.25) is 5.91 Å². The second-order valence-corrected chi connectivity index (χ2v) is 10.1. The van der Waals surface area contributed by atoms with Crippen molar-refractivity contribution in [3.05, 3.63) is 59.2 Å². The number of pyridine rings is 1. The van der Waals surface area contributed by atoms with Crippen LogP contribution in [0.1, 0.15) is 12.5 Å². The van der Waals surface area contributed by atoms with Crippen LogP contribution in [0.3, 0.4) is 0 Å². The van der Waals surface area contributed by atoms with Crippen molar-refractivity contribution >= 4 is 52.1 Å². The fourth-order valence-corrected chi connectivity index (χ4v) is 5.45. The first kappa shape index (κ1) is 28.3. The lowest BCUT2D eigenvalue weighted by Gasteiger charge is -2.37. The minimum atomic E-state index is -0.202. The molecule has 5 rings (SSSR count). The maximum Gasteiger partial charge on any atom is 0.329 e. The number of halogens is 1. The number of benzene rings is 2. The minimum Gasteiger partial charge on any atom is -0.497 e. The van der Waals surface area contributed by atoms with Crippen LogP contribution in [0.15, 0.2) is 48.7 Å². The molecule has 0 spiro atoms. The van der Waals surface area contributed by atoms with Gasteiger partial charge >= 0.3 is 6.03 Å². The summed E-state index contributed by atoms with van der Waals surface area (Å²) in [6, 6.07) is 13.2. The Bertz CT molecular complexity index is 1430. The summed E-state index contributed by atoms with van der Waals surface area (Å²) in [5.74, 6) is 1.58. The maximum atomic E-state index is 13.6. The van der Waals surface area contributed by atoms with Crippen LogP contribution in [-0.4, -0.2) is 75.3 Å². The van der Waals surface area contributed by atoms with Gasteiger partial charge in [-0.25, -0.2) is 9.78 Å². The molecular formula is C29H34ClN7O4. The monoisotopic (exact) mass is 579 g/mol. The Kier molecular flexibility index (Phi) is 8.36. The van der Waals surface area contributed by atoms with Crippen LogP contribution in [0.25, 0.3) is 0 Å². The molecule has 2 aliphatic rings. The molecule has 1 saturated heterocycles. The molecule has 0 saturated carbocycles. The van der Waals surface area contributed by atoms with Crippen molar-refractivity contribution in [1.82, 2.24) is 9.88 Å². The summed E-state index contributed by atoms with van der Waals surface area (Å²) in [5, 5.41) is 3.69. The van der Waals surface area contributed by atoms with E-state index in [2.05, 4.69) is 15.2 Å². The van der Waals surface area contributed by atoms with E-state index in [1.54, 1.807) is 40.1 Å². The minimum absolute atomic E-state index is 0.0119. The smallest absolute Gasteiger partial charge is 0.329 e. The number of piperazine rings is 1. The van der Waals surface area contributed by atoms with Crippen molar-refractivity contribution in [3.8, 4) is 11.5 Å². The van der Waals surface area contributed by atoms with Crippen LogP contribution < -0.4 is 35.2 Å². The molecule has 0 atom stereocenters. The Hall–Kier alpha value is -4.22. The number of nitrogens with one attached hydrogen (secondary N) is 1. The highest BCUT2D eigenvalue weighted by Crippen LogP contribution is 2.42. The average molecular weight is 580 g/mol. The Labute approximate surface area is 244 Å². The van der Waals surface area contributed by atoms with Crippen molar-refractivity contribution in [2.24, 2.45) is 5.73 Å². The Morgan fingerprint density at radius 2 is 1.78 bits per heavy atom. The van der Waals surface area contributed by atoms with Gasteiger partial charge in [0.05, 0.1) is 38.7 Å². The first-order chi connectivity index (χ1) is 19.9. The van der Waals surface area contributed by atoms with Gasteiger partial charge in [0.15, 0.2) is 0 Å². The number of fused-ring (bicyclic) bond motifs is 1. The highest BCUT2D eigenvalue weighted by Gasteiger charge is 2.33. The van der Waals surface area contributed by atoms with Gasteiger partial charge in [0.25, 0.3) is 0 Å². The molecular weight excluding hydrogens is 546 g/mol. The molecule has 41 heavy (non-hydrogen) atoms. The molecule has 11 nitrogen and oxygen atoms in total. The first-order valence-corrected chi connectivity index (χ1v) is 13.8. The number of hydrogen-bond donors (Lipinski definition) is 2. The van der Waals surface area contributed by atoms with E-state index < -0.39 is 0 Å². The van der Waals surface area contributed by atoms with Gasteiger partial charge in [-0.3, -0.25) is 14.6 Å². The number of carbonyl (C=O) groups excluding carboxylic acids is 2. The van der Waals surface area contributed by atoms with Crippen molar-refractivity contribution in [3.63, 3.8) is 0 Å². The third-order valence-corrected chi connectivity index (χ3v) is 7.79. The third kappa shape index (κ3) is 5.68. The predicted molar refractivity (Wildman–Crippen MR) is 161 cm³/mol. The van der Waals surface area contributed by atoms with E-state index in [0.717, 1.165) is 35.7 Å². The average Bonchev–Trinajstić information content (AvgIpc) is 3.01. The van der Waals surface area contributed by atoms with E-state index in [4.69, 9.17) is 26.8 Å². The van der Waals surface area contributed by atoms with Gasteiger partial charge in [0, 0.05) is 74.1 Å². The van der Waals surface area contributed by atoms with Crippen LogP contribution in [0.4, 0.5) is 33.4 Å². The van der Waals surface area contributed by atoms with Gasteiger partial charge in [-0.2, -0.15) is 0 Å². The highest BCUT2D eigenvalue weighted by atomic mass is 35.5. The molecule has 1 fully saturated rings. The van der Waals surface area contributed by atoms with E-state index in [1.807, 2.05) is 37.3 Å². The quantitative estimate of drug-likeness (QED) is 0.410. The lowest BCUT2D eigenvalue weighted by molar-refractivity contribution is -0.129. The number of hydrogen-bond acceptors (Lipinski definition) is 8. The number of methoxy groups -OCH3 is 2. The molecule has 2 aromatic carbocycles. The molecule has 3 N–H and O–H groups in total. The topological polar surface area (TPSA) is 116 Å². The molecule has 3 aromatic rings. The van der Waals surface area contributed by atoms with Gasteiger partial charge in [-0.15, -0.1) is 0 Å². The number of amides is 3. The van der Waals surface area contributed by atoms with Crippen LogP contribution in [0, 0.1) is 0 Å². The molecule has 0 unspecified atom stereocenters. The van der Waals surface area contributed by atoms with Crippen LogP contribution >= 0.6 is 11.6 Å². The summed E-state index contributed by atoms with van der Waals surface area (Å²) < 4.78 is 10.8. The number of ether oxygens (including phenoxy) is 2. The van der Waals surface area contributed by atoms with Gasteiger partial charge in [-0.1, -0.05) is 11.6 Å². The molecule has 3 amide bonds. The highest BCUT2D eigenvalue weighted by molar-refractivity contribution is 6.35. The zero-order valence-electron chi connectivity index (χ0n) is 23.4. The molecule has 0 radical (unpaired) electrons. The summed E-state index contributed by atoms with van der Waals surface area (Å²) in [6.07, 6.45) is 1.78. The number of urea groups is 1. The van der Waals surface area contributed by atoms with E-state index in [1.165, 1.54) is 7.11 Å². The summed E-state index contributed by atoms with van der Waals surface area (Å²) >= 11 is 6.61. The number of carbonyl (C=O) groups is 2. The Morgan fingerprint density at radius 1 is 1.05 bits per heavy atom. The Morgan fingerprint density at radius 3 is 2.41 bits per heavy atom. The number of rotatable bonds is 8. The van der Waals surface area contributed by atoms with Gasteiger partial charge in [0.1, 0.15) is 22.3 Å². The summed E-state index contributed by atoms with van der Waals surface area (Å²) in [4.78, 5) is 37.5. The standard InChI is InChI=1S/C29H34ClN7O4/c1-4-36-23-15-26(33-20-5-7-21(8-6-20)34-9-11-35(12-10-34)27(38)16-31)32-17-19(23)18-37(29(36)39)24-13-22(40-2)14-25(41-3)28(24)30/h5-8,13-15,17H,4,9-12,16,18,31H2,1-3H3,(H,32,33). The van der Waals surface area contributed by atoms with Gasteiger partial charge in [-0.05, 0) is 31.2 Å². The molecule has 1 aromatic heterocycles. The largest absolute Gasteiger partial charge is 0.497 e. The van der Waals surface area contributed by atoms with Gasteiger partial charge < -0.3 is 30.3 Å². The van der Waals surface area contributed by atoms with E-state index in [-0.39, 0.29) is 18.5 Å². The van der Waals surface area contributed by atoms with Crippen molar-refractivity contribution in [1.29, 1.82) is 0 Å². The first-order valence-electron chi connectivity index (χ1n) is 13.5. The molecule has 12 heteroatoms. The number of nitrogens with zero attached hydrogens (tertiary/aromatic N) is 5. The van der Waals surface area contributed by atoms with E-state index in [0.29, 0.717) is 54.2 Å². The molecule has 2 aliphatic heterocycles. The lowest BCUT2D eigenvalue weighted by atomic mass is 10.1. The fraction of sp³-hybridized carbons (Fsp3) is 0.345. The van der Waals surface area contributed by atoms with E-state index in [9.17, 15) is 9.59 Å². The summed E-state index contributed by atoms with van der Waals surface area (Å²) in [5.41, 5.74) is 9.64. The zero-order chi connectivity index (χ0) is 29.1. The zero-order valence-corrected chi connectivity index (χ0v) is 24.1.